The van der Waals surface area contributed by atoms with Gasteiger partial charge in [0.15, 0.2) is 4.96 Å². The molecule has 0 saturated heterocycles. The van der Waals surface area contributed by atoms with Crippen LogP contribution < -0.4 is 0 Å². The third-order valence-corrected chi connectivity index (χ3v) is 5.15. The van der Waals surface area contributed by atoms with Crippen LogP contribution in [0.4, 0.5) is 4.39 Å². The lowest BCUT2D eigenvalue weighted by Crippen LogP contribution is -1.77. The SMILES string of the molecule is Fc1ccc2c(c1)sc1nc(-c3ccc(Cl)s3)cn12. The van der Waals surface area contributed by atoms with Crippen molar-refractivity contribution in [3.05, 3.63) is 46.7 Å². The number of aromatic nitrogens is 2. The molecule has 19 heavy (non-hydrogen) atoms. The largest absolute Gasteiger partial charge is 0.290 e. The van der Waals surface area contributed by atoms with E-state index in [1.54, 1.807) is 6.07 Å². The van der Waals surface area contributed by atoms with Crippen LogP contribution in [0.15, 0.2) is 36.5 Å². The number of benzene rings is 1. The normalized spacial score (nSPS) is 11.7. The van der Waals surface area contributed by atoms with Crippen LogP contribution in [0.1, 0.15) is 0 Å². The second-order valence-corrected chi connectivity index (χ2v) is 6.82. The number of thiazole rings is 1. The molecule has 0 unspecified atom stereocenters. The Morgan fingerprint density at radius 1 is 1.16 bits per heavy atom. The molecule has 0 bridgehead atoms. The minimum atomic E-state index is -0.220. The molecule has 0 aliphatic carbocycles. The monoisotopic (exact) mass is 308 g/mol. The molecule has 1 aromatic carbocycles. The quantitative estimate of drug-likeness (QED) is 0.480. The fourth-order valence-corrected chi connectivity index (χ4v) is 4.08. The van der Waals surface area contributed by atoms with Gasteiger partial charge in [-0.2, -0.15) is 0 Å². The van der Waals surface area contributed by atoms with E-state index in [0.29, 0.717) is 0 Å². The predicted molar refractivity (Wildman–Crippen MR) is 78.9 cm³/mol. The highest BCUT2D eigenvalue weighted by molar-refractivity contribution is 7.23. The third kappa shape index (κ3) is 1.77. The van der Waals surface area contributed by atoms with Crippen molar-refractivity contribution >= 4 is 49.5 Å². The molecule has 4 aromatic rings. The van der Waals surface area contributed by atoms with Gasteiger partial charge in [-0.15, -0.1) is 11.3 Å². The molecule has 0 spiro atoms. The Balaban J connectivity index is 1.97. The molecule has 0 atom stereocenters. The molecular weight excluding hydrogens is 303 g/mol. The molecule has 0 saturated carbocycles. The fraction of sp³-hybridized carbons (Fsp3) is 0. The van der Waals surface area contributed by atoms with Gasteiger partial charge in [-0.3, -0.25) is 4.40 Å². The molecule has 3 heterocycles. The lowest BCUT2D eigenvalue weighted by atomic mass is 10.3. The fourth-order valence-electron chi connectivity index (χ4n) is 2.05. The summed E-state index contributed by atoms with van der Waals surface area (Å²) in [5.74, 6) is -0.220. The zero-order valence-corrected chi connectivity index (χ0v) is 11.8. The molecule has 4 rings (SSSR count). The summed E-state index contributed by atoms with van der Waals surface area (Å²) in [7, 11) is 0. The van der Waals surface area contributed by atoms with Gasteiger partial charge in [0.1, 0.15) is 11.5 Å². The molecule has 3 aromatic heterocycles. The highest BCUT2D eigenvalue weighted by atomic mass is 35.5. The minimum Gasteiger partial charge on any atom is -0.290 e. The van der Waals surface area contributed by atoms with Gasteiger partial charge in [0, 0.05) is 6.20 Å². The van der Waals surface area contributed by atoms with Gasteiger partial charge in [-0.1, -0.05) is 22.9 Å². The first-order valence-electron chi connectivity index (χ1n) is 5.53. The van der Waals surface area contributed by atoms with E-state index >= 15 is 0 Å². The van der Waals surface area contributed by atoms with Crippen molar-refractivity contribution in [1.29, 1.82) is 0 Å². The third-order valence-electron chi connectivity index (χ3n) is 2.88. The molecule has 0 amide bonds. The van der Waals surface area contributed by atoms with Crippen molar-refractivity contribution in [3.8, 4) is 10.6 Å². The summed E-state index contributed by atoms with van der Waals surface area (Å²) in [5, 5.41) is 0. The maximum atomic E-state index is 13.2. The van der Waals surface area contributed by atoms with Gasteiger partial charge < -0.3 is 0 Å². The Labute approximate surface area is 120 Å². The van der Waals surface area contributed by atoms with E-state index in [-0.39, 0.29) is 5.82 Å². The summed E-state index contributed by atoms with van der Waals surface area (Å²) < 4.78 is 16.8. The van der Waals surface area contributed by atoms with Crippen molar-refractivity contribution in [2.45, 2.75) is 0 Å². The lowest BCUT2D eigenvalue weighted by molar-refractivity contribution is 0.630. The van der Waals surface area contributed by atoms with E-state index in [1.165, 1.54) is 34.8 Å². The van der Waals surface area contributed by atoms with Crippen LogP contribution in [0, 0.1) is 5.82 Å². The summed E-state index contributed by atoms with van der Waals surface area (Å²) >= 11 is 8.92. The van der Waals surface area contributed by atoms with Crippen LogP contribution >= 0.6 is 34.3 Å². The van der Waals surface area contributed by atoms with Crippen LogP contribution in [-0.4, -0.2) is 9.38 Å². The number of rotatable bonds is 1. The second-order valence-electron chi connectivity index (χ2n) is 4.10. The van der Waals surface area contributed by atoms with Gasteiger partial charge in [0.25, 0.3) is 0 Å². The van der Waals surface area contributed by atoms with Gasteiger partial charge in [-0.05, 0) is 30.3 Å². The summed E-state index contributed by atoms with van der Waals surface area (Å²) in [6.45, 7) is 0. The molecule has 6 heteroatoms. The van der Waals surface area contributed by atoms with E-state index in [4.69, 9.17) is 11.6 Å². The summed E-state index contributed by atoms with van der Waals surface area (Å²) in [6.07, 6.45) is 1.97. The van der Waals surface area contributed by atoms with Crippen molar-refractivity contribution in [2.24, 2.45) is 0 Å². The van der Waals surface area contributed by atoms with Crippen LogP contribution in [0.2, 0.25) is 4.34 Å². The zero-order chi connectivity index (χ0) is 13.0. The highest BCUT2D eigenvalue weighted by Gasteiger charge is 2.11. The molecule has 2 nitrogen and oxygen atoms in total. The van der Waals surface area contributed by atoms with Gasteiger partial charge in [0.2, 0.25) is 0 Å². The Morgan fingerprint density at radius 2 is 2.05 bits per heavy atom. The van der Waals surface area contributed by atoms with Crippen molar-refractivity contribution in [1.82, 2.24) is 9.38 Å². The topological polar surface area (TPSA) is 17.3 Å². The second kappa shape index (κ2) is 4.03. The van der Waals surface area contributed by atoms with Crippen molar-refractivity contribution in [2.75, 3.05) is 0 Å². The number of fused-ring (bicyclic) bond motifs is 3. The van der Waals surface area contributed by atoms with E-state index in [0.717, 1.165) is 30.1 Å². The summed E-state index contributed by atoms with van der Waals surface area (Å²) in [5.41, 5.74) is 1.87. The number of hydrogen-bond acceptors (Lipinski definition) is 3. The maximum absolute atomic E-state index is 13.2. The number of nitrogens with zero attached hydrogens (tertiary/aromatic N) is 2. The number of halogens is 2. The van der Waals surface area contributed by atoms with Crippen LogP contribution in [-0.2, 0) is 0 Å². The van der Waals surface area contributed by atoms with E-state index in [9.17, 15) is 4.39 Å². The Hall–Kier alpha value is -1.43. The molecule has 0 aliphatic rings. The number of thiophene rings is 1. The maximum Gasteiger partial charge on any atom is 0.195 e. The minimum absolute atomic E-state index is 0.220. The van der Waals surface area contributed by atoms with Gasteiger partial charge >= 0.3 is 0 Å². The van der Waals surface area contributed by atoms with Crippen LogP contribution in [0.5, 0.6) is 0 Å². The lowest BCUT2D eigenvalue weighted by Gasteiger charge is -1.91. The average Bonchev–Trinajstić information content (AvgIpc) is 3.01. The standard InChI is InChI=1S/C13H6ClFN2S2/c14-12-4-3-10(18-12)8-6-17-9-2-1-7(15)5-11(9)19-13(17)16-8/h1-6H. The Morgan fingerprint density at radius 3 is 2.84 bits per heavy atom. The molecule has 0 radical (unpaired) electrons. The van der Waals surface area contributed by atoms with Crippen molar-refractivity contribution < 1.29 is 4.39 Å². The van der Waals surface area contributed by atoms with Crippen LogP contribution in [0.3, 0.4) is 0 Å². The van der Waals surface area contributed by atoms with E-state index < -0.39 is 0 Å². The molecule has 0 N–H and O–H groups in total. The van der Waals surface area contributed by atoms with Gasteiger partial charge in [-0.25, -0.2) is 9.37 Å². The van der Waals surface area contributed by atoms with E-state index in [2.05, 4.69) is 4.98 Å². The molecule has 94 valence electrons. The molecular formula is C13H6ClFN2S2. The smallest absolute Gasteiger partial charge is 0.195 e. The predicted octanol–water partition coefficient (Wildman–Crippen LogP) is 5.07. The summed E-state index contributed by atoms with van der Waals surface area (Å²) in [4.78, 5) is 6.47. The Bertz CT molecular complexity index is 906. The average molecular weight is 309 g/mol. The first kappa shape index (κ1) is 11.4. The van der Waals surface area contributed by atoms with Crippen molar-refractivity contribution in [3.63, 3.8) is 0 Å². The summed E-state index contributed by atoms with van der Waals surface area (Å²) in [6, 6.07) is 8.61. The first-order chi connectivity index (χ1) is 9.20. The number of imidazole rings is 1. The molecule has 0 aliphatic heterocycles. The molecule has 0 fully saturated rings. The zero-order valence-electron chi connectivity index (χ0n) is 9.43. The first-order valence-corrected chi connectivity index (χ1v) is 7.55. The van der Waals surface area contributed by atoms with Crippen LogP contribution in [0.25, 0.3) is 25.7 Å². The highest BCUT2D eigenvalue weighted by Crippen LogP contribution is 2.33. The van der Waals surface area contributed by atoms with Gasteiger partial charge in [0.05, 0.1) is 19.4 Å². The number of hydrogen-bond donors (Lipinski definition) is 0. The van der Waals surface area contributed by atoms with E-state index in [1.807, 2.05) is 22.7 Å². The Kier molecular flexibility index (Phi) is 2.42.